The highest BCUT2D eigenvalue weighted by molar-refractivity contribution is 5.75. The smallest absolute Gasteiger partial charge is 0.311 e. The van der Waals surface area contributed by atoms with Crippen LogP contribution >= 0.6 is 0 Å². The van der Waals surface area contributed by atoms with Crippen molar-refractivity contribution in [2.45, 2.75) is 78.6 Å². The van der Waals surface area contributed by atoms with E-state index in [1.807, 2.05) is 13.8 Å². The molecule has 124 valence electrons. The van der Waals surface area contributed by atoms with E-state index in [-0.39, 0.29) is 5.92 Å². The zero-order chi connectivity index (χ0) is 15.7. The number of hydrogen-bond donors (Lipinski definition) is 1. The van der Waals surface area contributed by atoms with Crippen LogP contribution in [0.5, 0.6) is 0 Å². The van der Waals surface area contributed by atoms with E-state index in [9.17, 15) is 9.90 Å². The molecule has 1 unspecified atom stereocenters. The molecule has 3 heteroatoms. The van der Waals surface area contributed by atoms with Crippen molar-refractivity contribution in [1.82, 2.24) is 4.90 Å². The number of aliphatic carboxylic acids is 1. The Bertz CT molecular complexity index is 304. The molecule has 0 bridgehead atoms. The maximum absolute atomic E-state index is 11.6. The zero-order valence-electron chi connectivity index (χ0n) is 14.4. The van der Waals surface area contributed by atoms with Gasteiger partial charge in [0.05, 0.1) is 5.41 Å². The van der Waals surface area contributed by atoms with E-state index >= 15 is 0 Å². The Morgan fingerprint density at radius 1 is 1.10 bits per heavy atom. The van der Waals surface area contributed by atoms with Crippen molar-refractivity contribution in [3.8, 4) is 0 Å². The summed E-state index contributed by atoms with van der Waals surface area (Å²) in [7, 11) is 0. The molecule has 1 rings (SSSR count). The number of hydrogen-bond acceptors (Lipinski definition) is 2. The maximum atomic E-state index is 11.6. The third-order valence-corrected chi connectivity index (χ3v) is 5.24. The Labute approximate surface area is 131 Å². The van der Waals surface area contributed by atoms with Gasteiger partial charge in [-0.2, -0.15) is 0 Å². The lowest BCUT2D eigenvalue weighted by Gasteiger charge is -2.28. The van der Waals surface area contributed by atoms with Gasteiger partial charge in [-0.15, -0.1) is 0 Å². The molecule has 0 aliphatic carbocycles. The van der Waals surface area contributed by atoms with Gasteiger partial charge in [-0.3, -0.25) is 4.79 Å². The van der Waals surface area contributed by atoms with E-state index < -0.39 is 11.4 Å². The van der Waals surface area contributed by atoms with Gasteiger partial charge in [-0.25, -0.2) is 0 Å². The summed E-state index contributed by atoms with van der Waals surface area (Å²) in [4.78, 5) is 14.0. The van der Waals surface area contributed by atoms with Crippen LogP contribution in [-0.4, -0.2) is 35.6 Å². The van der Waals surface area contributed by atoms with Crippen LogP contribution in [0.1, 0.15) is 78.6 Å². The molecular formula is C18H35NO2. The van der Waals surface area contributed by atoms with Crippen LogP contribution in [0, 0.1) is 11.3 Å². The fourth-order valence-corrected chi connectivity index (χ4v) is 3.47. The van der Waals surface area contributed by atoms with Crippen molar-refractivity contribution >= 4 is 5.97 Å². The molecule has 0 spiro atoms. The van der Waals surface area contributed by atoms with Gasteiger partial charge in [0.25, 0.3) is 0 Å². The highest BCUT2D eigenvalue weighted by Gasteiger charge is 2.46. The predicted molar refractivity (Wildman–Crippen MR) is 88.6 cm³/mol. The van der Waals surface area contributed by atoms with E-state index in [4.69, 9.17) is 0 Å². The SMILES string of the molecule is CCCCCCCCCCN1CCC(C(=O)O)(C(C)C)C1. The number of likely N-dealkylation sites (tertiary alicyclic amines) is 1. The summed E-state index contributed by atoms with van der Waals surface area (Å²) in [6.45, 7) is 9.14. The molecule has 1 atom stereocenters. The lowest BCUT2D eigenvalue weighted by Crippen LogP contribution is -2.39. The molecule has 0 saturated carbocycles. The minimum Gasteiger partial charge on any atom is -0.481 e. The van der Waals surface area contributed by atoms with Crippen molar-refractivity contribution in [2.24, 2.45) is 11.3 Å². The molecular weight excluding hydrogens is 262 g/mol. The largest absolute Gasteiger partial charge is 0.481 e. The third kappa shape index (κ3) is 5.61. The first-order valence-corrected chi connectivity index (χ1v) is 8.98. The van der Waals surface area contributed by atoms with Gasteiger partial charge >= 0.3 is 5.97 Å². The number of nitrogens with zero attached hydrogens (tertiary/aromatic N) is 1. The first kappa shape index (κ1) is 18.5. The van der Waals surface area contributed by atoms with Crippen molar-refractivity contribution in [3.05, 3.63) is 0 Å². The third-order valence-electron chi connectivity index (χ3n) is 5.24. The second-order valence-electron chi connectivity index (χ2n) is 7.12. The van der Waals surface area contributed by atoms with Crippen LogP contribution in [0.2, 0.25) is 0 Å². The van der Waals surface area contributed by atoms with Gasteiger partial charge in [0, 0.05) is 6.54 Å². The molecule has 0 radical (unpaired) electrons. The molecule has 1 saturated heterocycles. The summed E-state index contributed by atoms with van der Waals surface area (Å²) in [6.07, 6.45) is 11.5. The Morgan fingerprint density at radius 2 is 1.67 bits per heavy atom. The summed E-state index contributed by atoms with van der Waals surface area (Å²) in [5.74, 6) is -0.380. The molecule has 1 aliphatic rings. The van der Waals surface area contributed by atoms with Crippen LogP contribution in [0.4, 0.5) is 0 Å². The van der Waals surface area contributed by atoms with Gasteiger partial charge in [0.15, 0.2) is 0 Å². The molecule has 1 aliphatic heterocycles. The maximum Gasteiger partial charge on any atom is 0.311 e. The Kier molecular flexibility index (Phi) is 8.31. The van der Waals surface area contributed by atoms with Crippen LogP contribution in [0.25, 0.3) is 0 Å². The van der Waals surface area contributed by atoms with Crippen molar-refractivity contribution < 1.29 is 9.90 Å². The number of unbranched alkanes of at least 4 members (excludes halogenated alkanes) is 7. The fourth-order valence-electron chi connectivity index (χ4n) is 3.47. The summed E-state index contributed by atoms with van der Waals surface area (Å²) < 4.78 is 0. The second-order valence-corrected chi connectivity index (χ2v) is 7.12. The number of rotatable bonds is 11. The standard InChI is InChI=1S/C18H35NO2/c1-4-5-6-7-8-9-10-11-13-19-14-12-18(15-19,16(2)3)17(20)21/h16H,4-15H2,1-3H3,(H,20,21). The predicted octanol–water partition coefficient (Wildman–Crippen LogP) is 4.56. The van der Waals surface area contributed by atoms with Crippen LogP contribution < -0.4 is 0 Å². The zero-order valence-corrected chi connectivity index (χ0v) is 14.4. The average molecular weight is 297 g/mol. The van der Waals surface area contributed by atoms with Gasteiger partial charge < -0.3 is 10.0 Å². The molecule has 0 aromatic rings. The lowest BCUT2D eigenvalue weighted by atomic mass is 9.76. The van der Waals surface area contributed by atoms with E-state index in [2.05, 4.69) is 11.8 Å². The van der Waals surface area contributed by atoms with Crippen molar-refractivity contribution in [1.29, 1.82) is 0 Å². The first-order chi connectivity index (χ1) is 10.0. The highest BCUT2D eigenvalue weighted by atomic mass is 16.4. The highest BCUT2D eigenvalue weighted by Crippen LogP contribution is 2.38. The summed E-state index contributed by atoms with van der Waals surface area (Å²) >= 11 is 0. The van der Waals surface area contributed by atoms with Gasteiger partial charge in [0.1, 0.15) is 0 Å². The molecule has 1 fully saturated rings. The summed E-state index contributed by atoms with van der Waals surface area (Å²) in [6, 6.07) is 0. The quantitative estimate of drug-likeness (QED) is 0.568. The number of carboxylic acid groups (broad SMARTS) is 1. The van der Waals surface area contributed by atoms with Crippen LogP contribution in [-0.2, 0) is 4.79 Å². The number of carbonyl (C=O) groups is 1. The molecule has 3 nitrogen and oxygen atoms in total. The van der Waals surface area contributed by atoms with E-state index in [0.717, 1.165) is 26.1 Å². The normalized spacial score (nSPS) is 23.0. The summed E-state index contributed by atoms with van der Waals surface area (Å²) in [5, 5.41) is 9.54. The van der Waals surface area contributed by atoms with Crippen LogP contribution in [0.15, 0.2) is 0 Å². The van der Waals surface area contributed by atoms with Gasteiger partial charge in [0.2, 0.25) is 0 Å². The van der Waals surface area contributed by atoms with Crippen molar-refractivity contribution in [2.75, 3.05) is 19.6 Å². The minimum absolute atomic E-state index is 0.221. The van der Waals surface area contributed by atoms with Gasteiger partial charge in [-0.1, -0.05) is 65.7 Å². The second kappa shape index (κ2) is 9.45. The Hall–Kier alpha value is -0.570. The molecule has 0 aromatic carbocycles. The molecule has 0 aromatic heterocycles. The molecule has 1 heterocycles. The van der Waals surface area contributed by atoms with E-state index in [1.165, 1.54) is 51.4 Å². The average Bonchev–Trinajstić information content (AvgIpc) is 2.87. The topological polar surface area (TPSA) is 40.5 Å². The monoisotopic (exact) mass is 297 g/mol. The van der Waals surface area contributed by atoms with E-state index in [1.54, 1.807) is 0 Å². The lowest BCUT2D eigenvalue weighted by molar-refractivity contribution is -0.151. The van der Waals surface area contributed by atoms with Crippen molar-refractivity contribution in [3.63, 3.8) is 0 Å². The summed E-state index contributed by atoms with van der Waals surface area (Å²) in [5.41, 5.74) is -0.500. The van der Waals surface area contributed by atoms with E-state index in [0.29, 0.717) is 0 Å². The number of carboxylic acids is 1. The first-order valence-electron chi connectivity index (χ1n) is 8.98. The van der Waals surface area contributed by atoms with Gasteiger partial charge in [-0.05, 0) is 31.8 Å². The Balaban J connectivity index is 2.13. The Morgan fingerprint density at radius 3 is 2.14 bits per heavy atom. The molecule has 21 heavy (non-hydrogen) atoms. The minimum atomic E-state index is -0.601. The molecule has 1 N–H and O–H groups in total. The fraction of sp³-hybridized carbons (Fsp3) is 0.944. The van der Waals surface area contributed by atoms with Crippen LogP contribution in [0.3, 0.4) is 0 Å². The molecule has 0 amide bonds.